The van der Waals surface area contributed by atoms with Crippen molar-refractivity contribution in [3.8, 4) is 0 Å². The van der Waals surface area contributed by atoms with E-state index >= 15 is 0 Å². The Morgan fingerprint density at radius 1 is 1.53 bits per heavy atom. The molecule has 0 bridgehead atoms. The molecule has 2 unspecified atom stereocenters. The Bertz CT molecular complexity index is 461. The third-order valence-electron chi connectivity index (χ3n) is 2.84. The van der Waals surface area contributed by atoms with E-state index < -0.39 is 5.92 Å². The van der Waals surface area contributed by atoms with Crippen LogP contribution < -0.4 is 5.32 Å². The number of esters is 1. The van der Waals surface area contributed by atoms with Crippen LogP contribution in [0.5, 0.6) is 0 Å². The van der Waals surface area contributed by atoms with Crippen LogP contribution in [0, 0.1) is 5.92 Å². The minimum absolute atomic E-state index is 0.148. The second-order valence-corrected chi connectivity index (χ2v) is 4.37. The van der Waals surface area contributed by atoms with Crippen LogP contribution in [-0.2, 0) is 14.3 Å². The van der Waals surface area contributed by atoms with Gasteiger partial charge in [0.05, 0.1) is 19.1 Å². The first-order valence-corrected chi connectivity index (χ1v) is 5.62. The highest BCUT2D eigenvalue weighted by molar-refractivity contribution is 6.30. The maximum atomic E-state index is 11.6. The Balaban J connectivity index is 2.29. The molecule has 0 spiro atoms. The van der Waals surface area contributed by atoms with Gasteiger partial charge in [0.15, 0.2) is 0 Å². The zero-order valence-electron chi connectivity index (χ0n) is 9.27. The Morgan fingerprint density at radius 3 is 2.94 bits per heavy atom. The fraction of sp³-hybridized carbons (Fsp3) is 0.333. The Kier molecular flexibility index (Phi) is 3.33. The molecule has 0 aliphatic carbocycles. The lowest BCUT2D eigenvalue weighted by Gasteiger charge is -2.17. The lowest BCUT2D eigenvalue weighted by Crippen LogP contribution is -2.25. The van der Waals surface area contributed by atoms with Crippen molar-refractivity contribution in [2.24, 2.45) is 5.92 Å². The van der Waals surface area contributed by atoms with Gasteiger partial charge in [0.1, 0.15) is 0 Å². The van der Waals surface area contributed by atoms with Crippen LogP contribution in [0.4, 0.5) is 0 Å². The smallest absolute Gasteiger partial charge is 0.311 e. The highest BCUT2D eigenvalue weighted by Gasteiger charge is 2.39. The van der Waals surface area contributed by atoms with Crippen LogP contribution in [0.2, 0.25) is 5.02 Å². The first-order valence-electron chi connectivity index (χ1n) is 5.24. The number of methoxy groups -OCH3 is 1. The van der Waals surface area contributed by atoms with Crippen molar-refractivity contribution in [3.05, 3.63) is 34.9 Å². The number of amides is 1. The molecule has 1 aromatic carbocycles. The van der Waals surface area contributed by atoms with Gasteiger partial charge in [0.25, 0.3) is 0 Å². The molecule has 1 fully saturated rings. The highest BCUT2D eigenvalue weighted by atomic mass is 35.5. The highest BCUT2D eigenvalue weighted by Crippen LogP contribution is 2.32. The normalized spacial score (nSPS) is 23.3. The molecule has 2 atom stereocenters. The summed E-state index contributed by atoms with van der Waals surface area (Å²) in [6.07, 6.45) is 0.157. The van der Waals surface area contributed by atoms with Crippen molar-refractivity contribution in [2.45, 2.75) is 12.5 Å². The monoisotopic (exact) mass is 253 g/mol. The Labute approximate surface area is 104 Å². The van der Waals surface area contributed by atoms with E-state index in [2.05, 4.69) is 5.32 Å². The minimum Gasteiger partial charge on any atom is -0.469 e. The van der Waals surface area contributed by atoms with Gasteiger partial charge in [-0.25, -0.2) is 0 Å². The molecule has 1 aliphatic heterocycles. The summed E-state index contributed by atoms with van der Waals surface area (Å²) < 4.78 is 4.70. The number of carbonyl (C=O) groups excluding carboxylic acids is 2. The largest absolute Gasteiger partial charge is 0.469 e. The van der Waals surface area contributed by atoms with E-state index in [1.165, 1.54) is 7.11 Å². The predicted molar refractivity (Wildman–Crippen MR) is 62.5 cm³/mol. The topological polar surface area (TPSA) is 55.4 Å². The molecule has 2 rings (SSSR count). The van der Waals surface area contributed by atoms with Gasteiger partial charge in [-0.05, 0) is 17.7 Å². The van der Waals surface area contributed by atoms with Crippen LogP contribution >= 0.6 is 11.6 Å². The number of ether oxygens (including phenoxy) is 1. The number of benzene rings is 1. The van der Waals surface area contributed by atoms with E-state index in [0.717, 1.165) is 5.56 Å². The molecule has 4 nitrogen and oxygen atoms in total. The van der Waals surface area contributed by atoms with Gasteiger partial charge in [-0.3, -0.25) is 9.59 Å². The van der Waals surface area contributed by atoms with E-state index in [9.17, 15) is 9.59 Å². The first kappa shape index (κ1) is 11.9. The van der Waals surface area contributed by atoms with E-state index in [1.54, 1.807) is 18.2 Å². The SMILES string of the molecule is COC(=O)C1CC(=O)NC1c1cccc(Cl)c1. The Hall–Kier alpha value is -1.55. The molecular weight excluding hydrogens is 242 g/mol. The summed E-state index contributed by atoms with van der Waals surface area (Å²) in [5.74, 6) is -1.01. The van der Waals surface area contributed by atoms with Gasteiger partial charge in [-0.2, -0.15) is 0 Å². The lowest BCUT2D eigenvalue weighted by atomic mass is 9.94. The zero-order valence-corrected chi connectivity index (χ0v) is 10.0. The molecule has 17 heavy (non-hydrogen) atoms. The second-order valence-electron chi connectivity index (χ2n) is 3.93. The maximum Gasteiger partial charge on any atom is 0.311 e. The zero-order chi connectivity index (χ0) is 12.4. The fourth-order valence-electron chi connectivity index (χ4n) is 2.04. The van der Waals surface area contributed by atoms with Crippen molar-refractivity contribution < 1.29 is 14.3 Å². The molecule has 1 aliphatic rings. The van der Waals surface area contributed by atoms with Crippen molar-refractivity contribution in [1.82, 2.24) is 5.32 Å². The Morgan fingerprint density at radius 2 is 2.29 bits per heavy atom. The van der Waals surface area contributed by atoms with Crippen molar-refractivity contribution in [2.75, 3.05) is 7.11 Å². The summed E-state index contributed by atoms with van der Waals surface area (Å²) in [6, 6.07) is 6.76. The van der Waals surface area contributed by atoms with Gasteiger partial charge in [-0.1, -0.05) is 23.7 Å². The molecule has 1 N–H and O–H groups in total. The molecule has 0 radical (unpaired) electrons. The molecule has 5 heteroatoms. The van der Waals surface area contributed by atoms with Crippen LogP contribution in [0.3, 0.4) is 0 Å². The summed E-state index contributed by atoms with van der Waals surface area (Å²) in [7, 11) is 1.32. The molecular formula is C12H12ClNO3. The average molecular weight is 254 g/mol. The maximum absolute atomic E-state index is 11.6. The van der Waals surface area contributed by atoms with Crippen LogP contribution in [0.1, 0.15) is 18.0 Å². The summed E-state index contributed by atoms with van der Waals surface area (Å²) >= 11 is 5.89. The summed E-state index contributed by atoms with van der Waals surface area (Å²) in [5.41, 5.74) is 0.818. The van der Waals surface area contributed by atoms with Gasteiger partial charge in [-0.15, -0.1) is 0 Å². The van der Waals surface area contributed by atoms with Crippen molar-refractivity contribution >= 4 is 23.5 Å². The molecule has 1 heterocycles. The first-order chi connectivity index (χ1) is 8.11. The standard InChI is InChI=1S/C12H12ClNO3/c1-17-12(16)9-6-10(15)14-11(9)7-3-2-4-8(13)5-7/h2-5,9,11H,6H2,1H3,(H,14,15). The van der Waals surface area contributed by atoms with Crippen LogP contribution in [0.15, 0.2) is 24.3 Å². The van der Waals surface area contributed by atoms with E-state index in [1.807, 2.05) is 6.07 Å². The second kappa shape index (κ2) is 4.75. The van der Waals surface area contributed by atoms with E-state index in [4.69, 9.17) is 16.3 Å². The van der Waals surface area contributed by atoms with Crippen LogP contribution in [-0.4, -0.2) is 19.0 Å². The summed E-state index contributed by atoms with van der Waals surface area (Å²) in [6.45, 7) is 0. The van der Waals surface area contributed by atoms with Gasteiger partial charge >= 0.3 is 5.97 Å². The van der Waals surface area contributed by atoms with Crippen molar-refractivity contribution in [1.29, 1.82) is 0 Å². The minimum atomic E-state index is -0.481. The van der Waals surface area contributed by atoms with Gasteiger partial charge in [0.2, 0.25) is 5.91 Å². The molecule has 1 saturated heterocycles. The molecule has 0 saturated carbocycles. The number of nitrogens with one attached hydrogen (secondary N) is 1. The number of rotatable bonds is 2. The summed E-state index contributed by atoms with van der Waals surface area (Å²) in [4.78, 5) is 23.0. The average Bonchev–Trinajstić information content (AvgIpc) is 2.70. The molecule has 0 aromatic heterocycles. The third kappa shape index (κ3) is 2.42. The number of hydrogen-bond donors (Lipinski definition) is 1. The molecule has 1 aromatic rings. The van der Waals surface area contributed by atoms with Gasteiger partial charge in [0, 0.05) is 11.4 Å². The predicted octanol–water partition coefficient (Wildman–Crippen LogP) is 1.69. The fourth-order valence-corrected chi connectivity index (χ4v) is 2.24. The van der Waals surface area contributed by atoms with Crippen LogP contribution in [0.25, 0.3) is 0 Å². The molecule has 90 valence electrons. The van der Waals surface area contributed by atoms with Gasteiger partial charge < -0.3 is 10.1 Å². The van der Waals surface area contributed by atoms with Crippen molar-refractivity contribution in [3.63, 3.8) is 0 Å². The molecule has 1 amide bonds. The lowest BCUT2D eigenvalue weighted by molar-refractivity contribution is -0.146. The van der Waals surface area contributed by atoms with E-state index in [-0.39, 0.29) is 24.3 Å². The number of carbonyl (C=O) groups is 2. The third-order valence-corrected chi connectivity index (χ3v) is 3.07. The van der Waals surface area contributed by atoms with E-state index in [0.29, 0.717) is 5.02 Å². The number of halogens is 1. The summed E-state index contributed by atoms with van der Waals surface area (Å²) in [5, 5.41) is 3.34. The number of hydrogen-bond acceptors (Lipinski definition) is 3. The quantitative estimate of drug-likeness (QED) is 0.816.